The number of guanidine groups is 1. The van der Waals surface area contributed by atoms with E-state index < -0.39 is 0 Å². The number of piperazine rings is 1. The van der Waals surface area contributed by atoms with Gasteiger partial charge in [-0.3, -0.25) is 14.7 Å². The number of piperidine rings is 1. The van der Waals surface area contributed by atoms with Gasteiger partial charge in [0.15, 0.2) is 5.96 Å². The van der Waals surface area contributed by atoms with Crippen LogP contribution in [0.2, 0.25) is 0 Å². The predicted molar refractivity (Wildman–Crippen MR) is 127 cm³/mol. The van der Waals surface area contributed by atoms with Crippen LogP contribution in [-0.4, -0.2) is 87.7 Å². The third-order valence-electron chi connectivity index (χ3n) is 6.63. The summed E-state index contributed by atoms with van der Waals surface area (Å²) in [7, 11) is 1.47. The van der Waals surface area contributed by atoms with E-state index in [0.29, 0.717) is 0 Å². The smallest absolute Gasteiger partial charge is 0.308 e. The van der Waals surface area contributed by atoms with E-state index in [1.165, 1.54) is 23.9 Å². The molecular weight excluding hydrogens is 390 g/mol. The molecule has 7 heteroatoms. The topological polar surface area (TPSA) is 60.4 Å². The molecule has 3 rings (SSSR count). The normalized spacial score (nSPS) is 18.9. The molecule has 2 aliphatic rings. The molecule has 0 amide bonds. The van der Waals surface area contributed by atoms with Gasteiger partial charge in [-0.1, -0.05) is 12.1 Å². The van der Waals surface area contributed by atoms with Gasteiger partial charge in [0.25, 0.3) is 0 Å². The first-order valence-corrected chi connectivity index (χ1v) is 11.7. The molecule has 1 aromatic carbocycles. The number of carbonyl (C=O) groups is 1. The highest BCUT2D eigenvalue weighted by molar-refractivity contribution is 5.80. The van der Waals surface area contributed by atoms with Crippen molar-refractivity contribution in [1.29, 1.82) is 0 Å². The number of rotatable bonds is 6. The summed E-state index contributed by atoms with van der Waals surface area (Å²) in [6.45, 7) is 15.1. The number of ether oxygens (including phenoxy) is 1. The summed E-state index contributed by atoms with van der Waals surface area (Å²) in [5, 5.41) is 3.42. The predicted octanol–water partition coefficient (Wildman–Crippen LogP) is 2.28. The number of carbonyl (C=O) groups excluding carboxylic acids is 1. The molecule has 31 heavy (non-hydrogen) atoms. The highest BCUT2D eigenvalue weighted by Gasteiger charge is 2.27. The third kappa shape index (κ3) is 6.12. The molecule has 7 nitrogen and oxygen atoms in total. The van der Waals surface area contributed by atoms with E-state index >= 15 is 0 Å². The summed E-state index contributed by atoms with van der Waals surface area (Å²) in [6.07, 6.45) is 1.66. The molecule has 1 N–H and O–H groups in total. The summed E-state index contributed by atoms with van der Waals surface area (Å²) in [6, 6.07) is 6.59. The molecule has 0 bridgehead atoms. The van der Waals surface area contributed by atoms with Gasteiger partial charge in [0.2, 0.25) is 0 Å². The maximum atomic E-state index is 11.8. The molecule has 0 spiro atoms. The Labute approximate surface area is 187 Å². The Morgan fingerprint density at radius 1 is 1.13 bits per heavy atom. The number of hydrogen-bond acceptors (Lipinski definition) is 5. The average molecular weight is 430 g/mol. The Morgan fingerprint density at radius 2 is 1.84 bits per heavy atom. The van der Waals surface area contributed by atoms with Gasteiger partial charge in [-0.2, -0.15) is 0 Å². The summed E-state index contributed by atoms with van der Waals surface area (Å²) >= 11 is 0. The molecule has 0 radical (unpaired) electrons. The van der Waals surface area contributed by atoms with Crippen LogP contribution in [0.1, 0.15) is 30.9 Å². The van der Waals surface area contributed by atoms with Crippen LogP contribution in [0.4, 0.5) is 5.69 Å². The summed E-state index contributed by atoms with van der Waals surface area (Å²) in [4.78, 5) is 24.0. The molecule has 0 saturated carbocycles. The van der Waals surface area contributed by atoms with E-state index in [-0.39, 0.29) is 11.9 Å². The lowest BCUT2D eigenvalue weighted by Gasteiger charge is -2.37. The lowest BCUT2D eigenvalue weighted by molar-refractivity contribution is -0.146. The first-order chi connectivity index (χ1) is 15.0. The molecule has 1 aromatic rings. The number of nitrogens with zero attached hydrogens (tertiary/aromatic N) is 4. The van der Waals surface area contributed by atoms with Crippen LogP contribution in [0.25, 0.3) is 0 Å². The SMILES string of the molecule is CCNC(=NCCN1CCN(c2cccc(C)c2C)CC1)N1CCC(C(=O)OC)CC1. The summed E-state index contributed by atoms with van der Waals surface area (Å²) in [5.41, 5.74) is 4.13. The number of nitrogens with one attached hydrogen (secondary N) is 1. The van der Waals surface area contributed by atoms with Crippen molar-refractivity contribution in [3.63, 3.8) is 0 Å². The number of hydrogen-bond donors (Lipinski definition) is 1. The van der Waals surface area contributed by atoms with Gasteiger partial charge in [0.05, 0.1) is 19.6 Å². The third-order valence-corrected chi connectivity index (χ3v) is 6.63. The lowest BCUT2D eigenvalue weighted by Crippen LogP contribution is -2.48. The highest BCUT2D eigenvalue weighted by atomic mass is 16.5. The van der Waals surface area contributed by atoms with Gasteiger partial charge >= 0.3 is 5.97 Å². The fourth-order valence-corrected chi connectivity index (χ4v) is 4.51. The summed E-state index contributed by atoms with van der Waals surface area (Å²) in [5.74, 6) is 0.916. The van der Waals surface area contributed by atoms with E-state index in [1.807, 2.05) is 0 Å². The molecule has 2 heterocycles. The Balaban J connectivity index is 1.46. The van der Waals surface area contributed by atoms with Crippen molar-refractivity contribution in [2.45, 2.75) is 33.6 Å². The number of methoxy groups -OCH3 is 1. The van der Waals surface area contributed by atoms with Crippen LogP contribution in [0, 0.1) is 19.8 Å². The highest BCUT2D eigenvalue weighted by Crippen LogP contribution is 2.24. The van der Waals surface area contributed by atoms with Crippen LogP contribution in [0.3, 0.4) is 0 Å². The van der Waals surface area contributed by atoms with E-state index in [0.717, 1.165) is 77.7 Å². The second kappa shape index (κ2) is 11.4. The van der Waals surface area contributed by atoms with Gasteiger partial charge in [0, 0.05) is 58.0 Å². The van der Waals surface area contributed by atoms with Crippen molar-refractivity contribution in [2.75, 3.05) is 70.9 Å². The molecule has 0 atom stereocenters. The Morgan fingerprint density at radius 3 is 2.48 bits per heavy atom. The van der Waals surface area contributed by atoms with Crippen molar-refractivity contribution in [1.82, 2.24) is 15.1 Å². The maximum Gasteiger partial charge on any atom is 0.308 e. The standard InChI is InChI=1S/C24H39N5O2/c1-5-25-24(29-12-9-21(10-13-29)23(30)31-4)26-11-14-27-15-17-28(18-16-27)22-8-6-7-19(2)20(22)3/h6-8,21H,5,9-18H2,1-4H3,(H,25,26). The van der Waals surface area contributed by atoms with E-state index in [9.17, 15) is 4.79 Å². The number of esters is 1. The second-order valence-electron chi connectivity index (χ2n) is 8.57. The van der Waals surface area contributed by atoms with Crippen LogP contribution in [0.5, 0.6) is 0 Å². The van der Waals surface area contributed by atoms with Gasteiger partial charge in [-0.05, 0) is 50.8 Å². The number of likely N-dealkylation sites (tertiary alicyclic amines) is 1. The average Bonchev–Trinajstić information content (AvgIpc) is 2.80. The van der Waals surface area contributed by atoms with Crippen LogP contribution in [0.15, 0.2) is 23.2 Å². The molecule has 2 saturated heterocycles. The maximum absolute atomic E-state index is 11.8. The minimum atomic E-state index is -0.0819. The van der Waals surface area contributed by atoms with Crippen molar-refractivity contribution >= 4 is 17.6 Å². The van der Waals surface area contributed by atoms with E-state index in [4.69, 9.17) is 9.73 Å². The zero-order valence-electron chi connectivity index (χ0n) is 19.7. The Hall–Kier alpha value is -2.28. The molecule has 2 aliphatic heterocycles. The zero-order chi connectivity index (χ0) is 22.2. The van der Waals surface area contributed by atoms with Gasteiger partial charge in [-0.25, -0.2) is 0 Å². The van der Waals surface area contributed by atoms with E-state index in [1.54, 1.807) is 0 Å². The van der Waals surface area contributed by atoms with Gasteiger partial charge < -0.3 is 19.9 Å². The number of benzene rings is 1. The number of anilines is 1. The number of aryl methyl sites for hydroxylation is 1. The minimum absolute atomic E-state index is 0.0254. The fraction of sp³-hybridized carbons (Fsp3) is 0.667. The van der Waals surface area contributed by atoms with E-state index in [2.05, 4.69) is 59.0 Å². The second-order valence-corrected chi connectivity index (χ2v) is 8.57. The Bertz CT molecular complexity index is 750. The fourth-order valence-electron chi connectivity index (χ4n) is 4.51. The minimum Gasteiger partial charge on any atom is -0.469 e. The number of aliphatic imine (C=N–C) groups is 1. The van der Waals surface area contributed by atoms with Crippen LogP contribution < -0.4 is 10.2 Å². The van der Waals surface area contributed by atoms with Crippen LogP contribution in [-0.2, 0) is 9.53 Å². The lowest BCUT2D eigenvalue weighted by atomic mass is 9.97. The first kappa shape index (κ1) is 23.4. The van der Waals surface area contributed by atoms with Crippen LogP contribution >= 0.6 is 0 Å². The van der Waals surface area contributed by atoms with Crippen molar-refractivity contribution in [3.05, 3.63) is 29.3 Å². The van der Waals surface area contributed by atoms with Gasteiger partial charge in [-0.15, -0.1) is 0 Å². The molecule has 172 valence electrons. The molecule has 0 aliphatic carbocycles. The molecular formula is C24H39N5O2. The largest absolute Gasteiger partial charge is 0.469 e. The molecule has 0 aromatic heterocycles. The molecule has 2 fully saturated rings. The molecule has 0 unspecified atom stereocenters. The first-order valence-electron chi connectivity index (χ1n) is 11.7. The van der Waals surface area contributed by atoms with Gasteiger partial charge in [0.1, 0.15) is 0 Å². The summed E-state index contributed by atoms with van der Waals surface area (Å²) < 4.78 is 4.90. The van der Waals surface area contributed by atoms with Crippen molar-refractivity contribution in [3.8, 4) is 0 Å². The Kier molecular flexibility index (Phi) is 8.58. The quantitative estimate of drug-likeness (QED) is 0.425. The zero-order valence-corrected chi connectivity index (χ0v) is 19.7. The van der Waals surface area contributed by atoms with Crippen molar-refractivity contribution in [2.24, 2.45) is 10.9 Å². The monoisotopic (exact) mass is 429 g/mol. The van der Waals surface area contributed by atoms with Crippen molar-refractivity contribution < 1.29 is 9.53 Å².